The molecule has 0 aliphatic rings. The summed E-state index contributed by atoms with van der Waals surface area (Å²) < 4.78 is 0. The van der Waals surface area contributed by atoms with Crippen molar-refractivity contribution < 1.29 is 0 Å². The van der Waals surface area contributed by atoms with Crippen molar-refractivity contribution in [2.24, 2.45) is 0 Å². The van der Waals surface area contributed by atoms with Crippen molar-refractivity contribution in [1.82, 2.24) is 0 Å². The van der Waals surface area contributed by atoms with Crippen LogP contribution in [0, 0.1) is 19.3 Å². The van der Waals surface area contributed by atoms with Gasteiger partial charge >= 0.3 is 0 Å². The van der Waals surface area contributed by atoms with Crippen molar-refractivity contribution in [3.63, 3.8) is 0 Å². The Morgan fingerprint density at radius 1 is 1.54 bits per heavy atom. The number of nitrogens with one attached hydrogen (secondary N) is 1. The van der Waals surface area contributed by atoms with Gasteiger partial charge in [-0.15, -0.1) is 12.3 Å². The zero-order valence-corrected chi connectivity index (χ0v) is 8.36. The Bertz CT molecular complexity index is 325. The molecule has 1 N–H and O–H groups in total. The van der Waals surface area contributed by atoms with Gasteiger partial charge in [0, 0.05) is 23.7 Å². The molecule has 0 aliphatic carbocycles. The number of hydrogen-bond acceptors (Lipinski definition) is 1. The zero-order valence-electron chi connectivity index (χ0n) is 7.60. The van der Waals surface area contributed by atoms with Gasteiger partial charge in [0.25, 0.3) is 0 Å². The molecule has 2 heteroatoms. The molecule has 0 aliphatic heterocycles. The second kappa shape index (κ2) is 4.79. The first-order valence-electron chi connectivity index (χ1n) is 4.18. The van der Waals surface area contributed by atoms with Crippen LogP contribution in [0.25, 0.3) is 0 Å². The summed E-state index contributed by atoms with van der Waals surface area (Å²) in [4.78, 5) is 0. The van der Waals surface area contributed by atoms with Gasteiger partial charge in [0.05, 0.1) is 0 Å². The van der Waals surface area contributed by atoms with E-state index in [-0.39, 0.29) is 0 Å². The fourth-order valence-electron chi connectivity index (χ4n) is 1.07. The molecule has 0 amide bonds. The summed E-state index contributed by atoms with van der Waals surface area (Å²) in [5.74, 6) is 2.58. The summed E-state index contributed by atoms with van der Waals surface area (Å²) in [7, 11) is 0. The molecular formula is C11H12ClN. The predicted molar refractivity (Wildman–Crippen MR) is 58.1 cm³/mol. The van der Waals surface area contributed by atoms with Crippen molar-refractivity contribution in [3.8, 4) is 12.3 Å². The van der Waals surface area contributed by atoms with Crippen LogP contribution in [0.4, 0.5) is 5.69 Å². The van der Waals surface area contributed by atoms with Crippen molar-refractivity contribution in [1.29, 1.82) is 0 Å². The molecule has 1 rings (SSSR count). The van der Waals surface area contributed by atoms with Crippen LogP contribution >= 0.6 is 11.6 Å². The molecule has 1 aromatic carbocycles. The average Bonchev–Trinajstić information content (AvgIpc) is 2.13. The Morgan fingerprint density at radius 3 is 3.00 bits per heavy atom. The Hall–Kier alpha value is -1.13. The number of halogens is 1. The molecule has 0 saturated carbocycles. The lowest BCUT2D eigenvalue weighted by Gasteiger charge is -2.08. The quantitative estimate of drug-likeness (QED) is 0.575. The molecule has 1 aromatic rings. The second-order valence-electron chi connectivity index (χ2n) is 2.79. The third-order valence-corrected chi connectivity index (χ3v) is 2.26. The minimum atomic E-state index is 0.728. The van der Waals surface area contributed by atoms with Gasteiger partial charge in [-0.25, -0.2) is 0 Å². The normalized spacial score (nSPS) is 9.31. The largest absolute Gasteiger partial charge is 0.384 e. The van der Waals surface area contributed by atoms with Gasteiger partial charge in [-0.3, -0.25) is 0 Å². The highest BCUT2D eigenvalue weighted by Crippen LogP contribution is 2.22. The molecule has 1 nitrogen and oxygen atoms in total. The number of anilines is 1. The van der Waals surface area contributed by atoms with E-state index in [0.717, 1.165) is 29.2 Å². The van der Waals surface area contributed by atoms with Gasteiger partial charge < -0.3 is 5.32 Å². The lowest BCUT2D eigenvalue weighted by atomic mass is 10.2. The molecule has 0 fully saturated rings. The van der Waals surface area contributed by atoms with Gasteiger partial charge in [0.15, 0.2) is 0 Å². The Balaban J connectivity index is 2.67. The minimum Gasteiger partial charge on any atom is -0.384 e. The van der Waals surface area contributed by atoms with Gasteiger partial charge in [0.2, 0.25) is 0 Å². The average molecular weight is 194 g/mol. The van der Waals surface area contributed by atoms with Crippen LogP contribution < -0.4 is 5.32 Å². The summed E-state index contributed by atoms with van der Waals surface area (Å²) in [6, 6.07) is 5.80. The molecule has 0 radical (unpaired) electrons. The van der Waals surface area contributed by atoms with Crippen molar-refractivity contribution in [3.05, 3.63) is 28.8 Å². The molecule has 0 unspecified atom stereocenters. The third kappa shape index (κ3) is 2.68. The third-order valence-electron chi connectivity index (χ3n) is 1.85. The standard InChI is InChI=1S/C11H12ClN/c1-3-4-8-13-11-7-5-6-10(12)9(11)2/h1,5-7,13H,4,8H2,2H3. The molecule has 68 valence electrons. The molecule has 13 heavy (non-hydrogen) atoms. The van der Waals surface area contributed by atoms with Gasteiger partial charge in [-0.2, -0.15) is 0 Å². The van der Waals surface area contributed by atoms with E-state index in [2.05, 4.69) is 11.2 Å². The molecule has 0 saturated heterocycles. The highest BCUT2D eigenvalue weighted by molar-refractivity contribution is 6.31. The number of benzene rings is 1. The molecule has 0 aromatic heterocycles. The maximum absolute atomic E-state index is 5.95. The van der Waals surface area contributed by atoms with E-state index in [1.165, 1.54) is 0 Å². The summed E-state index contributed by atoms with van der Waals surface area (Å²) in [6.07, 6.45) is 5.87. The highest BCUT2D eigenvalue weighted by atomic mass is 35.5. The molecule has 0 atom stereocenters. The fraction of sp³-hybridized carbons (Fsp3) is 0.273. The van der Waals surface area contributed by atoms with Crippen LogP contribution in [0.3, 0.4) is 0 Å². The van der Waals surface area contributed by atoms with Gasteiger partial charge in [-0.1, -0.05) is 17.7 Å². The van der Waals surface area contributed by atoms with E-state index in [4.69, 9.17) is 18.0 Å². The smallest absolute Gasteiger partial charge is 0.0455 e. The molecule has 0 heterocycles. The number of terminal acetylenes is 1. The summed E-state index contributed by atoms with van der Waals surface area (Å²) >= 11 is 5.95. The first-order chi connectivity index (χ1) is 6.25. The summed E-state index contributed by atoms with van der Waals surface area (Å²) in [5.41, 5.74) is 2.13. The first kappa shape index (κ1) is 9.95. The molecule has 0 spiro atoms. The Labute approximate surface area is 84.1 Å². The van der Waals surface area contributed by atoms with E-state index in [0.29, 0.717) is 0 Å². The van der Waals surface area contributed by atoms with Crippen LogP contribution in [0.5, 0.6) is 0 Å². The summed E-state index contributed by atoms with van der Waals surface area (Å²) in [6.45, 7) is 2.78. The van der Waals surface area contributed by atoms with E-state index >= 15 is 0 Å². The highest BCUT2D eigenvalue weighted by Gasteiger charge is 1.99. The van der Waals surface area contributed by atoms with Crippen molar-refractivity contribution in [2.45, 2.75) is 13.3 Å². The lowest BCUT2D eigenvalue weighted by Crippen LogP contribution is -2.01. The first-order valence-corrected chi connectivity index (χ1v) is 4.56. The van der Waals surface area contributed by atoms with Gasteiger partial charge in [-0.05, 0) is 24.6 Å². The monoisotopic (exact) mass is 193 g/mol. The Kier molecular flexibility index (Phi) is 3.67. The SMILES string of the molecule is C#CCCNc1cccc(Cl)c1C. The molecule has 0 bridgehead atoms. The number of rotatable bonds is 3. The minimum absolute atomic E-state index is 0.728. The van der Waals surface area contributed by atoms with E-state index in [9.17, 15) is 0 Å². The topological polar surface area (TPSA) is 12.0 Å². The van der Waals surface area contributed by atoms with Crippen LogP contribution in [-0.2, 0) is 0 Å². The Morgan fingerprint density at radius 2 is 2.31 bits per heavy atom. The molecular weight excluding hydrogens is 182 g/mol. The van der Waals surface area contributed by atoms with E-state index in [1.807, 2.05) is 25.1 Å². The summed E-state index contributed by atoms with van der Waals surface area (Å²) in [5, 5.41) is 4.01. The van der Waals surface area contributed by atoms with E-state index < -0.39 is 0 Å². The van der Waals surface area contributed by atoms with Crippen LogP contribution in [0.2, 0.25) is 5.02 Å². The van der Waals surface area contributed by atoms with Gasteiger partial charge in [0.1, 0.15) is 0 Å². The van der Waals surface area contributed by atoms with Crippen LogP contribution in [0.15, 0.2) is 18.2 Å². The fourth-order valence-corrected chi connectivity index (χ4v) is 1.24. The lowest BCUT2D eigenvalue weighted by molar-refractivity contribution is 1.09. The van der Waals surface area contributed by atoms with Crippen LogP contribution in [-0.4, -0.2) is 6.54 Å². The maximum atomic E-state index is 5.95. The second-order valence-corrected chi connectivity index (χ2v) is 3.20. The van der Waals surface area contributed by atoms with Crippen LogP contribution in [0.1, 0.15) is 12.0 Å². The van der Waals surface area contributed by atoms with Crippen molar-refractivity contribution >= 4 is 17.3 Å². The predicted octanol–water partition coefficient (Wildman–Crippen LogP) is 3.08. The van der Waals surface area contributed by atoms with Crippen molar-refractivity contribution in [2.75, 3.05) is 11.9 Å². The van der Waals surface area contributed by atoms with E-state index in [1.54, 1.807) is 0 Å². The number of hydrogen-bond donors (Lipinski definition) is 1. The zero-order chi connectivity index (χ0) is 9.68. The maximum Gasteiger partial charge on any atom is 0.0455 e.